The van der Waals surface area contributed by atoms with E-state index in [-0.39, 0.29) is 30.8 Å². The summed E-state index contributed by atoms with van der Waals surface area (Å²) in [5.41, 5.74) is 4.08. The standard InChI is InChI=1S/C37H41N7O3/c1-37(17-9-18-39-37)26-47-35-40-32-24-42(33-15-8-13-28-12-6-7-14-30(28)33)19-16-31(32)34(41-35)43-20-21-44(29(23-43)22-38-2)36(45)46-25-27-10-4-3-5-11-27/h3-8,10-15,29,39H,9,16-26H2,1H3/t29?,37-/m0/s1. The van der Waals surface area contributed by atoms with Crippen molar-refractivity contribution in [3.05, 3.63) is 101 Å². The highest BCUT2D eigenvalue weighted by molar-refractivity contribution is 5.94. The van der Waals surface area contributed by atoms with Gasteiger partial charge >= 0.3 is 12.1 Å². The van der Waals surface area contributed by atoms with E-state index in [1.807, 2.05) is 30.3 Å². The zero-order valence-corrected chi connectivity index (χ0v) is 26.9. The molecule has 0 spiro atoms. The first-order valence-electron chi connectivity index (χ1n) is 16.6. The minimum atomic E-state index is -0.390. The van der Waals surface area contributed by atoms with Gasteiger partial charge in [-0.25, -0.2) is 11.4 Å². The molecule has 242 valence electrons. The first-order chi connectivity index (χ1) is 23.0. The quantitative estimate of drug-likeness (QED) is 0.257. The third-order valence-electron chi connectivity index (χ3n) is 9.63. The fourth-order valence-electron chi connectivity index (χ4n) is 7.06. The number of ether oxygens (including phenoxy) is 2. The van der Waals surface area contributed by atoms with Crippen molar-refractivity contribution in [1.29, 1.82) is 0 Å². The molecule has 1 N–H and O–H groups in total. The van der Waals surface area contributed by atoms with E-state index in [4.69, 9.17) is 26.0 Å². The Bertz CT molecular complexity index is 1760. The lowest BCUT2D eigenvalue weighted by atomic mass is 10.0. The van der Waals surface area contributed by atoms with Gasteiger partial charge in [-0.2, -0.15) is 9.97 Å². The normalized spacial score (nSPS) is 20.9. The number of nitrogens with zero attached hydrogens (tertiary/aromatic N) is 6. The van der Waals surface area contributed by atoms with Gasteiger partial charge in [0.2, 0.25) is 6.54 Å². The Morgan fingerprint density at radius 2 is 1.85 bits per heavy atom. The summed E-state index contributed by atoms with van der Waals surface area (Å²) in [6, 6.07) is 24.7. The molecule has 47 heavy (non-hydrogen) atoms. The summed E-state index contributed by atoms with van der Waals surface area (Å²) in [4.78, 5) is 33.3. The lowest BCUT2D eigenvalue weighted by Gasteiger charge is -2.40. The molecule has 0 aliphatic carbocycles. The minimum Gasteiger partial charge on any atom is -0.461 e. The molecule has 1 unspecified atom stereocenters. The number of fused-ring (bicyclic) bond motifs is 2. The van der Waals surface area contributed by atoms with Crippen LogP contribution in [0.4, 0.5) is 16.3 Å². The van der Waals surface area contributed by atoms with Gasteiger partial charge in [-0.1, -0.05) is 66.7 Å². The summed E-state index contributed by atoms with van der Waals surface area (Å²) < 4.78 is 12.0. The van der Waals surface area contributed by atoms with Crippen LogP contribution in [0, 0.1) is 6.57 Å². The minimum absolute atomic E-state index is 0.110. The molecule has 0 saturated carbocycles. The fraction of sp³-hybridized carbons (Fsp3) is 0.405. The number of amides is 1. The predicted octanol–water partition coefficient (Wildman–Crippen LogP) is 5.46. The highest BCUT2D eigenvalue weighted by Crippen LogP contribution is 2.35. The van der Waals surface area contributed by atoms with E-state index in [0.29, 0.717) is 38.8 Å². The number of hydrogen-bond acceptors (Lipinski definition) is 8. The summed E-state index contributed by atoms with van der Waals surface area (Å²) in [5, 5.41) is 6.01. The van der Waals surface area contributed by atoms with Crippen molar-refractivity contribution in [2.75, 3.05) is 55.7 Å². The van der Waals surface area contributed by atoms with Gasteiger partial charge < -0.3 is 29.4 Å². The van der Waals surface area contributed by atoms with Crippen LogP contribution >= 0.6 is 0 Å². The van der Waals surface area contributed by atoms with Crippen LogP contribution in [-0.4, -0.2) is 78.4 Å². The van der Waals surface area contributed by atoms with Crippen LogP contribution in [0.1, 0.15) is 36.6 Å². The number of anilines is 2. The van der Waals surface area contributed by atoms with E-state index in [1.54, 1.807) is 4.90 Å². The molecule has 10 nitrogen and oxygen atoms in total. The van der Waals surface area contributed by atoms with Crippen LogP contribution in [0.25, 0.3) is 15.6 Å². The Morgan fingerprint density at radius 3 is 2.68 bits per heavy atom. The molecule has 1 aromatic heterocycles. The Labute approximate surface area is 276 Å². The second kappa shape index (κ2) is 13.5. The molecule has 3 aliphatic rings. The maximum Gasteiger partial charge on any atom is 0.410 e. The van der Waals surface area contributed by atoms with Crippen molar-refractivity contribution in [1.82, 2.24) is 20.2 Å². The molecular weight excluding hydrogens is 590 g/mol. The van der Waals surface area contributed by atoms with E-state index in [0.717, 1.165) is 55.0 Å². The molecule has 7 rings (SSSR count). The summed E-state index contributed by atoms with van der Waals surface area (Å²) in [7, 11) is 0. The highest BCUT2D eigenvalue weighted by Gasteiger charge is 2.37. The smallest absolute Gasteiger partial charge is 0.410 e. The van der Waals surface area contributed by atoms with E-state index < -0.39 is 0 Å². The van der Waals surface area contributed by atoms with Crippen molar-refractivity contribution in [2.24, 2.45) is 0 Å². The second-order valence-corrected chi connectivity index (χ2v) is 13.0. The Morgan fingerprint density at radius 1 is 1.02 bits per heavy atom. The van der Waals surface area contributed by atoms with Crippen LogP contribution in [-0.2, 0) is 24.3 Å². The third-order valence-corrected chi connectivity index (χ3v) is 9.63. The van der Waals surface area contributed by atoms with Crippen LogP contribution in [0.15, 0.2) is 72.8 Å². The zero-order valence-electron chi connectivity index (χ0n) is 26.9. The van der Waals surface area contributed by atoms with Gasteiger partial charge in [0.25, 0.3) is 0 Å². The van der Waals surface area contributed by atoms with Crippen molar-refractivity contribution in [3.63, 3.8) is 0 Å². The molecule has 1 amide bonds. The van der Waals surface area contributed by atoms with Crippen LogP contribution in [0.2, 0.25) is 0 Å². The monoisotopic (exact) mass is 631 g/mol. The fourth-order valence-corrected chi connectivity index (χ4v) is 7.06. The number of piperazine rings is 1. The number of aromatic nitrogens is 2. The molecule has 4 heterocycles. The SMILES string of the molecule is [C-]#[N+]CC1CN(c2nc(OC[C@]3(C)CCCN3)nc3c2CCN(c2cccc4ccccc24)C3)CCN1C(=O)OCc1ccccc1. The predicted molar refractivity (Wildman–Crippen MR) is 183 cm³/mol. The molecule has 3 aliphatic heterocycles. The molecule has 3 aromatic carbocycles. The molecule has 2 fully saturated rings. The van der Waals surface area contributed by atoms with Crippen molar-refractivity contribution >= 4 is 28.4 Å². The number of benzene rings is 3. The molecule has 2 saturated heterocycles. The maximum absolute atomic E-state index is 13.2. The highest BCUT2D eigenvalue weighted by atomic mass is 16.6. The summed E-state index contributed by atoms with van der Waals surface area (Å²) >= 11 is 0. The molecule has 0 bridgehead atoms. The summed E-state index contributed by atoms with van der Waals surface area (Å²) in [5.74, 6) is 0.847. The van der Waals surface area contributed by atoms with Crippen molar-refractivity contribution in [3.8, 4) is 6.01 Å². The lowest BCUT2D eigenvalue weighted by molar-refractivity contribution is 0.0788. The molecular formula is C37H41N7O3. The van der Waals surface area contributed by atoms with Gasteiger partial charge in [0.05, 0.1) is 12.2 Å². The first kappa shape index (κ1) is 30.8. The van der Waals surface area contributed by atoms with Gasteiger partial charge in [0.1, 0.15) is 25.1 Å². The number of nitrogens with one attached hydrogen (secondary N) is 1. The van der Waals surface area contributed by atoms with Gasteiger partial charge in [0.15, 0.2) is 0 Å². The third kappa shape index (κ3) is 6.67. The summed E-state index contributed by atoms with van der Waals surface area (Å²) in [6.45, 7) is 14.7. The van der Waals surface area contributed by atoms with Crippen molar-refractivity contribution < 1.29 is 14.3 Å². The number of rotatable bonds is 8. The van der Waals surface area contributed by atoms with E-state index >= 15 is 0 Å². The van der Waals surface area contributed by atoms with E-state index in [1.165, 1.54) is 16.5 Å². The van der Waals surface area contributed by atoms with Crippen LogP contribution in [0.5, 0.6) is 6.01 Å². The summed E-state index contributed by atoms with van der Waals surface area (Å²) in [6.07, 6.45) is 2.55. The van der Waals surface area contributed by atoms with Crippen molar-refractivity contribution in [2.45, 2.75) is 50.9 Å². The van der Waals surface area contributed by atoms with Crippen LogP contribution < -0.4 is 19.9 Å². The average molecular weight is 632 g/mol. The van der Waals surface area contributed by atoms with E-state index in [2.05, 4.69) is 69.3 Å². The number of carbonyl (C=O) groups is 1. The topological polar surface area (TPSA) is 87.4 Å². The van der Waals surface area contributed by atoms with E-state index in [9.17, 15) is 4.79 Å². The van der Waals surface area contributed by atoms with Crippen LogP contribution in [0.3, 0.4) is 0 Å². The number of carbonyl (C=O) groups excluding carboxylic acids is 1. The average Bonchev–Trinajstić information content (AvgIpc) is 3.55. The largest absolute Gasteiger partial charge is 0.461 e. The zero-order chi connectivity index (χ0) is 32.2. The number of hydrogen-bond donors (Lipinski definition) is 1. The molecule has 10 heteroatoms. The Hall–Kier alpha value is -4.88. The lowest BCUT2D eigenvalue weighted by Crippen LogP contribution is -2.57. The molecule has 2 atom stereocenters. The molecule has 0 radical (unpaired) electrons. The van der Waals surface area contributed by atoms with Gasteiger partial charge in [-0.05, 0) is 49.7 Å². The first-order valence-corrected chi connectivity index (χ1v) is 16.6. The Kier molecular flexibility index (Phi) is 8.81. The second-order valence-electron chi connectivity index (χ2n) is 13.0. The van der Waals surface area contributed by atoms with Gasteiger partial charge in [0, 0.05) is 48.4 Å². The Balaban J connectivity index is 1.15. The maximum atomic E-state index is 13.2. The molecule has 4 aromatic rings. The van der Waals surface area contributed by atoms with Gasteiger partial charge in [-0.15, -0.1) is 0 Å². The van der Waals surface area contributed by atoms with Gasteiger partial charge in [-0.3, -0.25) is 4.90 Å².